The zero-order valence-electron chi connectivity index (χ0n) is 6.86. The molecule has 0 bridgehead atoms. The summed E-state index contributed by atoms with van der Waals surface area (Å²) < 4.78 is 0. The van der Waals surface area contributed by atoms with Gasteiger partial charge in [0.05, 0.1) is 0 Å². The average Bonchev–Trinajstić information content (AvgIpc) is 0.811. The molecule has 0 heterocycles. The minimum Gasteiger partial charge on any atom is -1.00 e. The summed E-state index contributed by atoms with van der Waals surface area (Å²) in [6, 6.07) is 0. The fourth-order valence-corrected chi connectivity index (χ4v) is 0. The van der Waals surface area contributed by atoms with Crippen molar-refractivity contribution < 1.29 is 84.5 Å². The first-order valence-electron chi connectivity index (χ1n) is 0.928. The third-order valence-electron chi connectivity index (χ3n) is 0. The van der Waals surface area contributed by atoms with Crippen LogP contribution in [0.4, 0.5) is 0 Å². The maximum atomic E-state index is 9.00. The normalized spacial score (nSPS) is 2.50. The minimum absolute atomic E-state index is 0. The van der Waals surface area contributed by atoms with E-state index in [0.717, 1.165) is 6.92 Å². The van der Waals surface area contributed by atoms with Gasteiger partial charge in [0.1, 0.15) is 0 Å². The van der Waals surface area contributed by atoms with Crippen molar-refractivity contribution in [3.05, 3.63) is 0 Å². The Balaban J connectivity index is -0.00000000214. The van der Waals surface area contributed by atoms with Gasteiger partial charge >= 0.3 is 29.6 Å². The smallest absolute Gasteiger partial charge is 1.00 e. The Morgan fingerprint density at radius 2 is 1.20 bits per heavy atom. The van der Waals surface area contributed by atoms with E-state index in [1.807, 2.05) is 0 Å². The summed E-state index contributed by atoms with van der Waals surface area (Å²) in [5, 5.41) is 7.42. The maximum Gasteiger partial charge on any atom is 1.00 e. The van der Waals surface area contributed by atoms with Crippen LogP contribution < -0.4 is 29.6 Å². The van der Waals surface area contributed by atoms with Gasteiger partial charge in [-0.3, -0.25) is 4.79 Å². The predicted octanol–water partition coefficient (Wildman–Crippen LogP) is -6.09. The Morgan fingerprint density at radius 1 is 1.20 bits per heavy atom. The van der Waals surface area contributed by atoms with Crippen molar-refractivity contribution >= 4 is 5.97 Å². The standard InChI is InChI=1S/C2H4O2.Na.4H2O.Ti.H/c1-2(3)4;;;;;;;/h1H3,(H,3,4);;4*1H2;;/q;+1;;;;;;-1. The topological polar surface area (TPSA) is 163 Å². The van der Waals surface area contributed by atoms with Crippen LogP contribution in [0, 0.1) is 0 Å². The molecule has 0 spiro atoms. The molecule has 0 unspecified atom stereocenters. The van der Waals surface area contributed by atoms with Crippen LogP contribution in [0.5, 0.6) is 0 Å². The van der Waals surface area contributed by atoms with Crippen molar-refractivity contribution in [2.75, 3.05) is 0 Å². The van der Waals surface area contributed by atoms with Gasteiger partial charge in [0.15, 0.2) is 0 Å². The third kappa shape index (κ3) is 554. The van der Waals surface area contributed by atoms with Crippen LogP contribution in [0.2, 0.25) is 0 Å². The van der Waals surface area contributed by atoms with Gasteiger partial charge in [-0.1, -0.05) is 0 Å². The second-order valence-corrected chi connectivity index (χ2v) is 0.519. The molecule has 0 atom stereocenters. The molecule has 10 heavy (non-hydrogen) atoms. The second kappa shape index (κ2) is 50.4. The van der Waals surface area contributed by atoms with Crippen molar-refractivity contribution in [2.45, 2.75) is 6.92 Å². The van der Waals surface area contributed by atoms with E-state index in [1.54, 1.807) is 0 Å². The molecule has 0 saturated heterocycles. The molecule has 0 fully saturated rings. The summed E-state index contributed by atoms with van der Waals surface area (Å²) in [6.07, 6.45) is 0. The summed E-state index contributed by atoms with van der Waals surface area (Å²) in [5.74, 6) is -0.833. The van der Waals surface area contributed by atoms with Crippen molar-refractivity contribution in [1.82, 2.24) is 0 Å². The van der Waals surface area contributed by atoms with E-state index in [-0.39, 0.29) is 74.6 Å². The van der Waals surface area contributed by atoms with Gasteiger partial charge in [-0.15, -0.1) is 0 Å². The van der Waals surface area contributed by atoms with E-state index in [9.17, 15) is 0 Å². The molecule has 0 amide bonds. The number of rotatable bonds is 0. The number of carboxylic acids is 1. The number of hydrogen-bond donors (Lipinski definition) is 1. The van der Waals surface area contributed by atoms with Crippen LogP contribution in [-0.4, -0.2) is 33.0 Å². The number of carbonyl (C=O) groups is 1. The van der Waals surface area contributed by atoms with Crippen LogP contribution in [-0.2, 0) is 26.5 Å². The molecular formula is C2H13NaO6Ti. The molecule has 0 aliphatic carbocycles. The largest absolute Gasteiger partial charge is 1.00 e. The molecule has 0 aliphatic heterocycles. The fraction of sp³-hybridized carbons (Fsp3) is 0.500. The fourth-order valence-electron chi connectivity index (χ4n) is 0. The van der Waals surface area contributed by atoms with Crippen LogP contribution in [0.25, 0.3) is 0 Å². The van der Waals surface area contributed by atoms with Crippen LogP contribution in [0.3, 0.4) is 0 Å². The predicted molar refractivity (Wildman–Crippen MR) is 28.9 cm³/mol. The van der Waals surface area contributed by atoms with E-state index in [0.29, 0.717) is 0 Å². The molecule has 0 rings (SSSR count). The molecule has 9 N–H and O–H groups in total. The van der Waals surface area contributed by atoms with Gasteiger partial charge in [-0.2, -0.15) is 0 Å². The summed E-state index contributed by atoms with van der Waals surface area (Å²) >= 11 is 0. The number of carboxylic acid groups (broad SMARTS) is 1. The Kier molecular flexibility index (Phi) is 345. The van der Waals surface area contributed by atoms with Crippen molar-refractivity contribution in [2.24, 2.45) is 0 Å². The van der Waals surface area contributed by atoms with E-state index >= 15 is 0 Å². The Labute approximate surface area is 96.9 Å². The SMILES string of the molecule is CC(=O)O.O.O.O.O.[H-].[Na+].[Ti]. The van der Waals surface area contributed by atoms with E-state index < -0.39 is 5.97 Å². The van der Waals surface area contributed by atoms with Crippen molar-refractivity contribution in [1.29, 1.82) is 0 Å². The summed E-state index contributed by atoms with van der Waals surface area (Å²) in [7, 11) is 0. The van der Waals surface area contributed by atoms with Gasteiger partial charge < -0.3 is 28.4 Å². The molecule has 0 aliphatic rings. The summed E-state index contributed by atoms with van der Waals surface area (Å²) in [5.41, 5.74) is 0. The van der Waals surface area contributed by atoms with Crippen LogP contribution in [0.1, 0.15) is 8.35 Å². The second-order valence-electron chi connectivity index (χ2n) is 0.519. The van der Waals surface area contributed by atoms with Crippen LogP contribution >= 0.6 is 0 Å². The molecule has 62 valence electrons. The zero-order chi connectivity index (χ0) is 3.58. The average molecular weight is 204 g/mol. The third-order valence-corrected chi connectivity index (χ3v) is 0. The minimum atomic E-state index is -0.833. The van der Waals surface area contributed by atoms with Gasteiger partial charge in [0, 0.05) is 28.6 Å². The van der Waals surface area contributed by atoms with Gasteiger partial charge in [-0.05, 0) is 0 Å². The Morgan fingerprint density at radius 3 is 1.20 bits per heavy atom. The Hall–Kier alpha value is 1.02. The van der Waals surface area contributed by atoms with Crippen LogP contribution in [0.15, 0.2) is 0 Å². The molecule has 0 aromatic carbocycles. The molecular weight excluding hydrogens is 191 g/mol. The molecule has 0 aromatic heterocycles. The molecule has 0 saturated carbocycles. The van der Waals surface area contributed by atoms with E-state index in [4.69, 9.17) is 9.90 Å². The van der Waals surface area contributed by atoms with Gasteiger partial charge in [-0.25, -0.2) is 0 Å². The zero-order valence-corrected chi connectivity index (χ0v) is 9.42. The molecule has 0 aromatic rings. The van der Waals surface area contributed by atoms with Crippen molar-refractivity contribution in [3.63, 3.8) is 0 Å². The van der Waals surface area contributed by atoms with Crippen molar-refractivity contribution in [3.8, 4) is 0 Å². The molecule has 0 radical (unpaired) electrons. The quantitative estimate of drug-likeness (QED) is 0.388. The van der Waals surface area contributed by atoms with E-state index in [1.165, 1.54) is 0 Å². The first-order valence-corrected chi connectivity index (χ1v) is 0.928. The monoisotopic (exact) mass is 204 g/mol. The van der Waals surface area contributed by atoms with Gasteiger partial charge in [0.2, 0.25) is 0 Å². The first kappa shape index (κ1) is 68.4. The van der Waals surface area contributed by atoms with Gasteiger partial charge in [0.25, 0.3) is 5.97 Å². The number of hydrogen-bond acceptors (Lipinski definition) is 1. The maximum absolute atomic E-state index is 9.00. The Bertz CT molecular complexity index is 43.6. The summed E-state index contributed by atoms with van der Waals surface area (Å²) in [6.45, 7) is 1.08. The molecule has 8 heteroatoms. The molecule has 6 nitrogen and oxygen atoms in total. The number of aliphatic carboxylic acids is 1. The first-order chi connectivity index (χ1) is 1.73. The summed E-state index contributed by atoms with van der Waals surface area (Å²) in [4.78, 5) is 9.00. The van der Waals surface area contributed by atoms with E-state index in [2.05, 4.69) is 0 Å².